The smallest absolute Gasteiger partial charge is 0.205 e. The highest BCUT2D eigenvalue weighted by molar-refractivity contribution is 14.0. The van der Waals surface area contributed by atoms with Gasteiger partial charge in [-0.25, -0.2) is 4.98 Å². The molecule has 0 amide bonds. The first-order valence-electron chi connectivity index (χ1n) is 11.5. The van der Waals surface area contributed by atoms with E-state index >= 15 is 0 Å². The van der Waals surface area contributed by atoms with E-state index in [1.54, 1.807) is 0 Å². The Morgan fingerprint density at radius 2 is 1.94 bits per heavy atom. The summed E-state index contributed by atoms with van der Waals surface area (Å²) in [6, 6.07) is 10.8. The Morgan fingerprint density at radius 1 is 1.16 bits per heavy atom. The molecule has 0 spiro atoms. The number of guanidine groups is 1. The third-order valence-corrected chi connectivity index (χ3v) is 7.13. The number of aliphatic imine (C=N–C) groups is 1. The van der Waals surface area contributed by atoms with Crippen LogP contribution in [-0.4, -0.2) is 84.5 Å². The van der Waals surface area contributed by atoms with E-state index in [0.29, 0.717) is 5.92 Å². The van der Waals surface area contributed by atoms with Gasteiger partial charge in [-0.1, -0.05) is 37.3 Å². The SMILES string of the molecule is CCc1nsc(N2CCN(C(=NC)NCC3CCN(CCc4ccccc4)C3)CC2)n1.I. The minimum atomic E-state index is 0. The number of benzene rings is 1. The van der Waals surface area contributed by atoms with E-state index in [-0.39, 0.29) is 24.0 Å². The van der Waals surface area contributed by atoms with Gasteiger partial charge in [-0.05, 0) is 30.9 Å². The van der Waals surface area contributed by atoms with Gasteiger partial charge in [-0.3, -0.25) is 4.99 Å². The van der Waals surface area contributed by atoms with Gasteiger partial charge in [-0.15, -0.1) is 24.0 Å². The monoisotopic (exact) mass is 569 g/mol. The number of nitrogens with one attached hydrogen (secondary N) is 1. The summed E-state index contributed by atoms with van der Waals surface area (Å²) >= 11 is 1.52. The van der Waals surface area contributed by atoms with Crippen LogP contribution in [0.3, 0.4) is 0 Å². The number of hydrogen-bond donors (Lipinski definition) is 1. The Balaban J connectivity index is 0.00000289. The first kappa shape index (κ1) is 25.2. The van der Waals surface area contributed by atoms with Crippen LogP contribution >= 0.6 is 35.5 Å². The number of likely N-dealkylation sites (tertiary alicyclic amines) is 1. The Kier molecular flexibility index (Phi) is 9.98. The highest BCUT2D eigenvalue weighted by atomic mass is 127. The standard InChI is InChI=1S/C23H35N7S.HI/c1-3-21-26-23(31-27-21)30-15-13-29(14-16-30)22(24-2)25-17-20-10-12-28(18-20)11-9-19-7-5-4-6-8-19;/h4-8,20H,3,9-18H2,1-2H3,(H,24,25);1H. The third-order valence-electron chi connectivity index (χ3n) is 6.31. The number of nitrogens with zero attached hydrogens (tertiary/aromatic N) is 6. The number of anilines is 1. The van der Waals surface area contributed by atoms with E-state index in [9.17, 15) is 0 Å². The van der Waals surface area contributed by atoms with Crippen LogP contribution in [0.4, 0.5) is 5.13 Å². The van der Waals surface area contributed by atoms with E-state index in [2.05, 4.69) is 71.6 Å². The van der Waals surface area contributed by atoms with Crippen LogP contribution in [0.15, 0.2) is 35.3 Å². The second kappa shape index (κ2) is 12.7. The van der Waals surface area contributed by atoms with Gasteiger partial charge < -0.3 is 20.0 Å². The minimum Gasteiger partial charge on any atom is -0.356 e. The van der Waals surface area contributed by atoms with Crippen LogP contribution < -0.4 is 10.2 Å². The fraction of sp³-hybridized carbons (Fsp3) is 0.609. The maximum absolute atomic E-state index is 4.64. The van der Waals surface area contributed by atoms with Gasteiger partial charge in [-0.2, -0.15) is 4.37 Å². The molecule has 32 heavy (non-hydrogen) atoms. The molecule has 3 heterocycles. The molecule has 1 aromatic carbocycles. The summed E-state index contributed by atoms with van der Waals surface area (Å²) in [5.41, 5.74) is 1.43. The van der Waals surface area contributed by atoms with Crippen molar-refractivity contribution >= 4 is 46.6 Å². The van der Waals surface area contributed by atoms with E-state index in [0.717, 1.165) is 69.0 Å². The lowest BCUT2D eigenvalue weighted by Gasteiger charge is -2.36. The van der Waals surface area contributed by atoms with Gasteiger partial charge in [0, 0.05) is 70.8 Å². The normalized spacial score (nSPS) is 19.8. The number of aryl methyl sites for hydroxylation is 1. The lowest BCUT2D eigenvalue weighted by Crippen LogP contribution is -2.53. The average Bonchev–Trinajstić information content (AvgIpc) is 3.49. The van der Waals surface area contributed by atoms with Gasteiger partial charge in [0.2, 0.25) is 5.13 Å². The van der Waals surface area contributed by atoms with Crippen molar-refractivity contribution < 1.29 is 0 Å². The molecule has 0 saturated carbocycles. The summed E-state index contributed by atoms with van der Waals surface area (Å²) in [5.74, 6) is 2.69. The molecule has 176 valence electrons. The fourth-order valence-corrected chi connectivity index (χ4v) is 5.21. The molecule has 2 aliphatic heterocycles. The summed E-state index contributed by atoms with van der Waals surface area (Å²) < 4.78 is 4.43. The molecule has 4 rings (SSSR count). The Labute approximate surface area is 213 Å². The second-order valence-electron chi connectivity index (χ2n) is 8.44. The minimum absolute atomic E-state index is 0. The fourth-order valence-electron chi connectivity index (χ4n) is 4.41. The summed E-state index contributed by atoms with van der Waals surface area (Å²) in [6.45, 7) is 10.5. The maximum Gasteiger partial charge on any atom is 0.205 e. The molecule has 2 fully saturated rings. The van der Waals surface area contributed by atoms with E-state index in [1.165, 1.54) is 36.6 Å². The molecular weight excluding hydrogens is 533 g/mol. The van der Waals surface area contributed by atoms with Crippen LogP contribution in [0.2, 0.25) is 0 Å². The summed E-state index contributed by atoms with van der Waals surface area (Å²) in [5, 5.41) is 4.71. The highest BCUT2D eigenvalue weighted by Gasteiger charge is 2.25. The molecule has 9 heteroatoms. The quantitative estimate of drug-likeness (QED) is 0.315. The molecule has 0 radical (unpaired) electrons. The van der Waals surface area contributed by atoms with Gasteiger partial charge in [0.15, 0.2) is 5.96 Å². The lowest BCUT2D eigenvalue weighted by molar-refractivity contribution is 0.325. The van der Waals surface area contributed by atoms with E-state index in [1.807, 2.05) is 7.05 Å². The van der Waals surface area contributed by atoms with Crippen molar-refractivity contribution in [2.24, 2.45) is 10.9 Å². The second-order valence-corrected chi connectivity index (χ2v) is 9.17. The predicted molar refractivity (Wildman–Crippen MR) is 145 cm³/mol. The molecule has 2 aromatic rings. The summed E-state index contributed by atoms with van der Waals surface area (Å²) in [6.07, 6.45) is 3.31. The van der Waals surface area contributed by atoms with Gasteiger partial charge in [0.1, 0.15) is 5.82 Å². The maximum atomic E-state index is 4.64. The lowest BCUT2D eigenvalue weighted by atomic mass is 10.1. The number of aromatic nitrogens is 2. The summed E-state index contributed by atoms with van der Waals surface area (Å²) in [7, 11) is 1.90. The zero-order valence-corrected chi connectivity index (χ0v) is 22.4. The van der Waals surface area contributed by atoms with Crippen LogP contribution in [0.1, 0.15) is 24.7 Å². The van der Waals surface area contributed by atoms with Crippen molar-refractivity contribution in [3.05, 3.63) is 41.7 Å². The predicted octanol–water partition coefficient (Wildman–Crippen LogP) is 2.98. The topological polar surface area (TPSA) is 59.9 Å². The molecule has 2 saturated heterocycles. The van der Waals surface area contributed by atoms with Crippen molar-refractivity contribution in [2.45, 2.75) is 26.2 Å². The molecule has 1 aromatic heterocycles. The van der Waals surface area contributed by atoms with Crippen molar-refractivity contribution in [3.63, 3.8) is 0 Å². The zero-order chi connectivity index (χ0) is 21.5. The Morgan fingerprint density at radius 3 is 2.62 bits per heavy atom. The van der Waals surface area contributed by atoms with E-state index < -0.39 is 0 Å². The molecule has 1 atom stereocenters. The Bertz CT molecular complexity index is 836. The summed E-state index contributed by atoms with van der Waals surface area (Å²) in [4.78, 5) is 16.5. The van der Waals surface area contributed by atoms with E-state index in [4.69, 9.17) is 0 Å². The number of halogens is 1. The largest absolute Gasteiger partial charge is 0.356 e. The van der Waals surface area contributed by atoms with Crippen LogP contribution in [0.5, 0.6) is 0 Å². The average molecular weight is 570 g/mol. The number of rotatable bonds is 7. The van der Waals surface area contributed by atoms with Gasteiger partial charge in [0.25, 0.3) is 0 Å². The van der Waals surface area contributed by atoms with Gasteiger partial charge >= 0.3 is 0 Å². The molecule has 7 nitrogen and oxygen atoms in total. The molecule has 1 unspecified atom stereocenters. The molecule has 0 bridgehead atoms. The van der Waals surface area contributed by atoms with Crippen molar-refractivity contribution in [3.8, 4) is 0 Å². The van der Waals surface area contributed by atoms with Crippen molar-refractivity contribution in [1.29, 1.82) is 0 Å². The van der Waals surface area contributed by atoms with Crippen molar-refractivity contribution in [2.75, 3.05) is 64.3 Å². The van der Waals surface area contributed by atoms with Crippen LogP contribution in [0, 0.1) is 5.92 Å². The van der Waals surface area contributed by atoms with Crippen molar-refractivity contribution in [1.82, 2.24) is 24.5 Å². The number of piperazine rings is 1. The van der Waals surface area contributed by atoms with Crippen LogP contribution in [-0.2, 0) is 12.8 Å². The molecule has 1 N–H and O–H groups in total. The Hall–Kier alpha value is -1.46. The molecular formula is C23H36IN7S. The first-order valence-corrected chi connectivity index (χ1v) is 12.3. The zero-order valence-electron chi connectivity index (χ0n) is 19.2. The molecule has 0 aliphatic carbocycles. The highest BCUT2D eigenvalue weighted by Crippen LogP contribution is 2.20. The first-order chi connectivity index (χ1) is 15.2. The third kappa shape index (κ3) is 6.77. The number of hydrogen-bond acceptors (Lipinski definition) is 6. The molecule has 2 aliphatic rings. The van der Waals surface area contributed by atoms with Crippen LogP contribution in [0.25, 0.3) is 0 Å². The van der Waals surface area contributed by atoms with Gasteiger partial charge in [0.05, 0.1) is 0 Å².